The van der Waals surface area contributed by atoms with E-state index in [1.165, 1.54) is 66.9 Å². The van der Waals surface area contributed by atoms with Gasteiger partial charge in [-0.2, -0.15) is 5.10 Å². The van der Waals surface area contributed by atoms with E-state index >= 15 is 0 Å². The van der Waals surface area contributed by atoms with Gasteiger partial charge in [-0.3, -0.25) is 23.9 Å². The highest BCUT2D eigenvalue weighted by Crippen LogP contribution is 2.60. The van der Waals surface area contributed by atoms with Crippen LogP contribution in [0.15, 0.2) is 108 Å². The van der Waals surface area contributed by atoms with Gasteiger partial charge in [-0.15, -0.1) is 21.5 Å². The lowest BCUT2D eigenvalue weighted by Crippen LogP contribution is -2.61. The molecule has 0 radical (unpaired) electrons. The summed E-state index contributed by atoms with van der Waals surface area (Å²) in [7, 11) is -2.72. The van der Waals surface area contributed by atoms with Gasteiger partial charge in [-0.25, -0.2) is 28.1 Å². The maximum Gasteiger partial charge on any atom is 0.284 e. The molecule has 91 heavy (non-hydrogen) atoms. The van der Waals surface area contributed by atoms with Gasteiger partial charge in [0.15, 0.2) is 16.8 Å². The van der Waals surface area contributed by atoms with Gasteiger partial charge >= 0.3 is 0 Å². The summed E-state index contributed by atoms with van der Waals surface area (Å²) in [5, 5.41) is 34.8. The van der Waals surface area contributed by atoms with Crippen LogP contribution in [-0.4, -0.2) is 122 Å². The first kappa shape index (κ1) is 61.7. The van der Waals surface area contributed by atoms with E-state index in [4.69, 9.17) is 10.1 Å². The number of thiazole rings is 2. The number of hydrogen-bond acceptors (Lipinski definition) is 18. The summed E-state index contributed by atoms with van der Waals surface area (Å²) >= 11 is 3.07. The number of hydrogen-bond donors (Lipinski definition) is 5. The average Bonchev–Trinajstić information content (AvgIpc) is 1.52. The van der Waals surface area contributed by atoms with Crippen molar-refractivity contribution in [3.8, 4) is 21.6 Å². The number of sulfonamides is 1. The number of carbonyl (C=O) groups excluding carboxylic acids is 4. The van der Waals surface area contributed by atoms with Crippen LogP contribution in [0, 0.1) is 55.3 Å². The van der Waals surface area contributed by atoms with E-state index in [1.807, 2.05) is 113 Å². The molecule has 7 heterocycles. The predicted octanol–water partition coefficient (Wildman–Crippen LogP) is 10.0. The fourth-order valence-electron chi connectivity index (χ4n) is 14.8. The molecular formula is C67H76N14O7S3. The first-order valence-corrected chi connectivity index (χ1v) is 34.4. The minimum Gasteiger partial charge on any atom is -0.391 e. The Hall–Kier alpha value is -8.19. The predicted molar refractivity (Wildman–Crippen MR) is 352 cm³/mol. The second kappa shape index (κ2) is 24.1. The number of likely N-dealkylation sites (tertiary alicyclic amines) is 1. The molecule has 4 amide bonds. The van der Waals surface area contributed by atoms with Gasteiger partial charge in [-0.05, 0) is 166 Å². The van der Waals surface area contributed by atoms with Crippen molar-refractivity contribution in [3.63, 3.8) is 0 Å². The van der Waals surface area contributed by atoms with E-state index in [9.17, 15) is 32.7 Å². The van der Waals surface area contributed by atoms with Crippen LogP contribution in [0.1, 0.15) is 112 Å². The average molecular weight is 1290 g/mol. The number of β-amino-alcohol motifs (C(OH)–C–C–N with tert-alkyl or cyclic N) is 1. The van der Waals surface area contributed by atoms with Crippen molar-refractivity contribution in [3.05, 3.63) is 131 Å². The quantitative estimate of drug-likeness (QED) is 0.0535. The van der Waals surface area contributed by atoms with Crippen LogP contribution >= 0.6 is 22.7 Å². The van der Waals surface area contributed by atoms with Crippen LogP contribution in [0.2, 0.25) is 0 Å². The number of aliphatic hydroxyl groups is 1. The summed E-state index contributed by atoms with van der Waals surface area (Å²) in [5.74, 6) is 0.931. The second-order valence-electron chi connectivity index (χ2n) is 27.0. The zero-order valence-electron chi connectivity index (χ0n) is 52.3. The monoisotopic (exact) mass is 1280 g/mol. The number of pyridine rings is 1. The van der Waals surface area contributed by atoms with Crippen LogP contribution in [0.25, 0.3) is 31.8 Å². The van der Waals surface area contributed by atoms with Gasteiger partial charge in [0.25, 0.3) is 15.9 Å². The van der Waals surface area contributed by atoms with Crippen LogP contribution in [0.4, 0.5) is 28.3 Å². The van der Waals surface area contributed by atoms with E-state index in [0.29, 0.717) is 39.4 Å². The Labute approximate surface area is 537 Å². The molecular weight excluding hydrogens is 1210 g/mol. The highest BCUT2D eigenvalue weighted by atomic mass is 32.2. The topological polar surface area (TPSA) is 263 Å². The lowest BCUT2D eigenvalue weighted by Gasteiger charge is -2.56. The summed E-state index contributed by atoms with van der Waals surface area (Å²) in [6.45, 7) is 14.6. The molecule has 4 bridgehead atoms. The van der Waals surface area contributed by atoms with Crippen molar-refractivity contribution in [2.24, 2.45) is 34.5 Å². The third-order valence-corrected chi connectivity index (χ3v) is 22.6. The Bertz CT molecular complexity index is 4160. The zero-order valence-corrected chi connectivity index (χ0v) is 54.8. The molecule has 5 N–H and O–H groups in total. The van der Waals surface area contributed by atoms with Crippen LogP contribution in [0.3, 0.4) is 0 Å². The molecule has 4 atom stereocenters. The van der Waals surface area contributed by atoms with Gasteiger partial charge in [0.05, 0.1) is 55.5 Å². The molecule has 14 rings (SSSR count). The first-order valence-electron chi connectivity index (χ1n) is 31.2. The summed E-state index contributed by atoms with van der Waals surface area (Å²) in [5.41, 5.74) is 8.24. The summed E-state index contributed by atoms with van der Waals surface area (Å²) < 4.78 is 34.0. The van der Waals surface area contributed by atoms with Gasteiger partial charge in [-0.1, -0.05) is 68.5 Å². The van der Waals surface area contributed by atoms with Crippen LogP contribution in [0.5, 0.6) is 0 Å². The molecule has 0 spiro atoms. The maximum absolute atomic E-state index is 14.7. The Balaban J connectivity index is 0.676. The molecule has 6 aliphatic rings. The van der Waals surface area contributed by atoms with Crippen molar-refractivity contribution >= 4 is 94.8 Å². The van der Waals surface area contributed by atoms with Crippen LogP contribution in [-0.2, 0) is 31.0 Å². The Kier molecular flexibility index (Phi) is 16.3. The first-order chi connectivity index (χ1) is 43.4. The number of benzene rings is 3. The number of fused-ring (bicyclic) bond motifs is 1. The molecule has 8 aromatic rings. The van der Waals surface area contributed by atoms with E-state index in [0.717, 1.165) is 67.5 Å². The highest BCUT2D eigenvalue weighted by molar-refractivity contribution is 7.90. The van der Waals surface area contributed by atoms with Crippen LogP contribution < -0.4 is 30.5 Å². The summed E-state index contributed by atoms with van der Waals surface area (Å²) in [6.07, 6.45) is 8.46. The number of nitrogens with one attached hydrogen (secondary N) is 4. The van der Waals surface area contributed by atoms with E-state index in [1.54, 1.807) is 53.7 Å². The molecule has 24 heteroatoms. The third-order valence-electron chi connectivity index (χ3n) is 19.4. The third kappa shape index (κ3) is 12.4. The zero-order chi connectivity index (χ0) is 63.8. The number of rotatable bonds is 18. The maximum atomic E-state index is 14.7. The van der Waals surface area contributed by atoms with Gasteiger partial charge in [0.2, 0.25) is 17.7 Å². The van der Waals surface area contributed by atoms with E-state index in [-0.39, 0.29) is 48.0 Å². The normalized spacial score (nSPS) is 22.0. The molecule has 3 aromatic carbocycles. The molecule has 2 saturated heterocycles. The lowest BCUT2D eigenvalue weighted by molar-refractivity contribution is -0.144. The lowest BCUT2D eigenvalue weighted by atomic mass is 9.49. The van der Waals surface area contributed by atoms with Gasteiger partial charge < -0.3 is 35.8 Å². The van der Waals surface area contributed by atoms with E-state index < -0.39 is 63.3 Å². The minimum atomic E-state index is -4.48. The fraction of sp³-hybridized carbons (Fsp3) is 0.433. The molecule has 2 aliphatic heterocycles. The Morgan fingerprint density at radius 1 is 0.813 bits per heavy atom. The summed E-state index contributed by atoms with van der Waals surface area (Å²) in [6, 6.07) is 24.9. The molecule has 4 aliphatic carbocycles. The van der Waals surface area contributed by atoms with Crippen molar-refractivity contribution in [1.29, 1.82) is 0 Å². The smallest absolute Gasteiger partial charge is 0.284 e. The number of nitrogens with zero attached hydrogens (tertiary/aromatic N) is 10. The number of amides is 4. The number of anilines is 5. The highest BCUT2D eigenvalue weighted by Gasteiger charge is 2.51. The number of aromatic nitrogens is 7. The number of carbonyl (C=O) groups is 4. The summed E-state index contributed by atoms with van der Waals surface area (Å²) in [4.78, 5) is 77.0. The van der Waals surface area contributed by atoms with Crippen molar-refractivity contribution in [2.45, 2.75) is 129 Å². The van der Waals surface area contributed by atoms with E-state index in [2.05, 4.69) is 45.5 Å². The number of aryl methyl sites for hydroxylation is 2. The molecule has 6 fully saturated rings. The van der Waals surface area contributed by atoms with Crippen molar-refractivity contribution < 1.29 is 32.7 Å². The van der Waals surface area contributed by atoms with Gasteiger partial charge in [0, 0.05) is 62.2 Å². The SMILES string of the molecule is Cc1cc(N(C)c2ccc(-c3cnn(CC45CC6CC(CC(C6)C4)C5)c3C)c(C(=O)NS(=O)(=O)c3ccc(N4CC(C(=O)N[C@H](C(=O)N5C[C@H](O)C[C@H]5C(=O)N[C@@H](C)c5ccc(-c6scnc6C)cc5)C(C)(C)C)C4)cc3)n2)nnc1Nc1nc2ccccc2s1. The van der Waals surface area contributed by atoms with Gasteiger partial charge in [0.1, 0.15) is 23.6 Å². The number of aliphatic hydroxyl groups excluding tert-OH is 1. The molecule has 4 saturated carbocycles. The largest absolute Gasteiger partial charge is 0.391 e. The molecule has 474 valence electrons. The minimum absolute atomic E-state index is 0.0554. The standard InChI is InChI=1S/C67H76N14O7S3/c1-37-23-56(75-76-60(37)74-65-71-52-11-9-10-12-54(52)90-65)78(8)55-22-21-50(51-31-69-81(40(51)4)35-67-28-41-24-42(29-67)26-43(25-41)30-67)57(72-55)63(85)77-91(87,88)49-19-17-47(18-20-49)79-32-46(33-79)61(83)73-59(66(5,6)7)64(86)80-34-48(82)27-53(80)62(84)70-38(2)44-13-15-45(16-14-44)58-39(3)68-36-89-58/h9-23,31,36,38,41-43,46,48,53,59,82H,24-30,32-35H2,1-8H3,(H,70,84)(H,73,83)(H,77,85)(H,71,74,76)/t38-,41?,42?,43?,48+,53-,59+,67?/m0/s1. The Morgan fingerprint density at radius 3 is 2.18 bits per heavy atom. The van der Waals surface area contributed by atoms with Crippen molar-refractivity contribution in [1.82, 2.24) is 55.2 Å². The fourth-order valence-corrected chi connectivity index (χ4v) is 17.4. The Morgan fingerprint density at radius 2 is 1.52 bits per heavy atom. The second-order valence-corrected chi connectivity index (χ2v) is 30.6. The number of para-hydroxylation sites is 1. The molecule has 21 nitrogen and oxygen atoms in total. The molecule has 0 unspecified atom stereocenters. The van der Waals surface area contributed by atoms with Crippen molar-refractivity contribution in [2.75, 3.05) is 41.8 Å². The molecule has 5 aromatic heterocycles.